The first-order valence-corrected chi connectivity index (χ1v) is 16.5. The highest BCUT2D eigenvalue weighted by atomic mass is 35.5. The molecule has 0 spiro atoms. The molecule has 0 aromatic heterocycles. The summed E-state index contributed by atoms with van der Waals surface area (Å²) in [5.74, 6) is -0.814. The van der Waals surface area contributed by atoms with Crippen LogP contribution in [0.3, 0.4) is 0 Å². The Bertz CT molecular complexity index is 1720. The lowest BCUT2D eigenvalue weighted by atomic mass is 10.0. The molecule has 0 aliphatic heterocycles. The van der Waals surface area contributed by atoms with Gasteiger partial charge in [-0.1, -0.05) is 89.9 Å². The van der Waals surface area contributed by atoms with Gasteiger partial charge in [0, 0.05) is 29.1 Å². The van der Waals surface area contributed by atoms with E-state index in [4.69, 9.17) is 27.9 Å². The van der Waals surface area contributed by atoms with Gasteiger partial charge in [-0.15, -0.1) is 0 Å². The van der Waals surface area contributed by atoms with Crippen LogP contribution in [0, 0.1) is 0 Å². The highest BCUT2D eigenvalue weighted by Gasteiger charge is 2.36. The Labute approximate surface area is 274 Å². The van der Waals surface area contributed by atoms with Crippen molar-refractivity contribution < 1.29 is 22.7 Å². The summed E-state index contributed by atoms with van der Waals surface area (Å²) in [5, 5.41) is 3.58. The number of nitrogens with zero attached hydrogens (tertiary/aromatic N) is 2. The van der Waals surface area contributed by atoms with E-state index in [1.807, 2.05) is 44.2 Å². The van der Waals surface area contributed by atoms with E-state index in [-0.39, 0.29) is 46.3 Å². The average Bonchev–Trinajstić information content (AvgIpc) is 3.02. The van der Waals surface area contributed by atoms with Gasteiger partial charge in [0.1, 0.15) is 18.3 Å². The number of amides is 2. The Kier molecular flexibility index (Phi) is 11.5. The zero-order valence-corrected chi connectivity index (χ0v) is 27.5. The quantitative estimate of drug-likeness (QED) is 0.179. The van der Waals surface area contributed by atoms with E-state index in [0.29, 0.717) is 10.6 Å². The third kappa shape index (κ3) is 8.57. The number of sulfonamides is 1. The van der Waals surface area contributed by atoms with Crippen LogP contribution in [0.2, 0.25) is 10.0 Å². The zero-order chi connectivity index (χ0) is 32.6. The molecule has 0 saturated carbocycles. The molecule has 0 heterocycles. The molecule has 11 heteroatoms. The van der Waals surface area contributed by atoms with E-state index < -0.39 is 28.5 Å². The van der Waals surface area contributed by atoms with Crippen LogP contribution in [-0.2, 0) is 32.6 Å². The molecule has 1 atom stereocenters. The minimum absolute atomic E-state index is 0.0316. The fraction of sp³-hybridized carbons (Fsp3) is 0.235. The number of benzene rings is 4. The Hall–Kier alpha value is -4.05. The van der Waals surface area contributed by atoms with Gasteiger partial charge in [0.25, 0.3) is 10.0 Å². The molecule has 4 aromatic carbocycles. The number of hydrogen-bond donors (Lipinski definition) is 1. The Morgan fingerprint density at radius 3 is 2.11 bits per heavy atom. The van der Waals surface area contributed by atoms with Crippen LogP contribution < -0.4 is 14.4 Å². The number of hydrogen-bond acceptors (Lipinski definition) is 5. The number of carbonyl (C=O) groups excluding carboxylic acids is 2. The van der Waals surface area contributed by atoms with Crippen molar-refractivity contribution in [3.05, 3.63) is 124 Å². The average molecular weight is 669 g/mol. The van der Waals surface area contributed by atoms with Gasteiger partial charge in [0.05, 0.1) is 17.7 Å². The SMILES string of the molecule is COc1ccc(Cl)cc1N(CC(=O)N(Cc1ccccc1Cl)[C@H](Cc1ccccc1)C(=O)NC(C)C)S(=O)(=O)c1ccccc1. The van der Waals surface area contributed by atoms with Crippen LogP contribution in [0.5, 0.6) is 5.75 Å². The van der Waals surface area contributed by atoms with Crippen LogP contribution in [0.25, 0.3) is 0 Å². The van der Waals surface area contributed by atoms with Gasteiger partial charge in [0.15, 0.2) is 0 Å². The highest BCUT2D eigenvalue weighted by Crippen LogP contribution is 2.35. The molecule has 8 nitrogen and oxygen atoms in total. The van der Waals surface area contributed by atoms with Crippen molar-refractivity contribution in [2.75, 3.05) is 18.0 Å². The van der Waals surface area contributed by atoms with Crippen molar-refractivity contribution in [1.29, 1.82) is 0 Å². The fourth-order valence-electron chi connectivity index (χ4n) is 4.84. The predicted octanol–water partition coefficient (Wildman–Crippen LogP) is 6.36. The predicted molar refractivity (Wildman–Crippen MR) is 178 cm³/mol. The van der Waals surface area contributed by atoms with Gasteiger partial charge in [-0.3, -0.25) is 13.9 Å². The third-order valence-corrected chi connectivity index (χ3v) is 9.40. The Morgan fingerprint density at radius 1 is 0.867 bits per heavy atom. The number of ether oxygens (including phenoxy) is 1. The smallest absolute Gasteiger partial charge is 0.264 e. The molecular formula is C34H35Cl2N3O5S. The first-order valence-electron chi connectivity index (χ1n) is 14.3. The Morgan fingerprint density at radius 2 is 1.49 bits per heavy atom. The first-order chi connectivity index (χ1) is 21.5. The standard InChI is InChI=1S/C34H35Cl2N3O5S/c1-24(2)37-34(41)31(20-25-12-6-4-7-13-25)38(22-26-14-10-11-17-29(26)36)33(40)23-39(30-21-27(35)18-19-32(30)44-3)45(42,43)28-15-8-5-9-16-28/h4-19,21,24,31H,20,22-23H2,1-3H3,(H,37,41)/t31-/m1/s1. The van der Waals surface area contributed by atoms with E-state index in [0.717, 1.165) is 9.87 Å². The molecule has 4 aromatic rings. The van der Waals surface area contributed by atoms with Crippen molar-refractivity contribution in [1.82, 2.24) is 10.2 Å². The lowest BCUT2D eigenvalue weighted by Gasteiger charge is -2.34. The summed E-state index contributed by atoms with van der Waals surface area (Å²) in [4.78, 5) is 29.7. The zero-order valence-electron chi connectivity index (χ0n) is 25.2. The first kappa shape index (κ1) is 33.8. The van der Waals surface area contributed by atoms with Crippen LogP contribution in [0.4, 0.5) is 5.69 Å². The number of halogens is 2. The minimum atomic E-state index is -4.32. The van der Waals surface area contributed by atoms with E-state index in [1.165, 1.54) is 36.3 Å². The molecule has 0 bridgehead atoms. The molecule has 45 heavy (non-hydrogen) atoms. The van der Waals surface area contributed by atoms with E-state index in [9.17, 15) is 18.0 Å². The lowest BCUT2D eigenvalue weighted by molar-refractivity contribution is -0.140. The normalized spacial score (nSPS) is 12.0. The molecule has 4 rings (SSSR count). The van der Waals surface area contributed by atoms with Crippen LogP contribution >= 0.6 is 23.2 Å². The molecule has 0 unspecified atom stereocenters. The topological polar surface area (TPSA) is 96.0 Å². The van der Waals surface area contributed by atoms with Gasteiger partial charge in [0.2, 0.25) is 11.8 Å². The molecule has 2 amide bonds. The van der Waals surface area contributed by atoms with Crippen molar-refractivity contribution >= 4 is 50.7 Å². The monoisotopic (exact) mass is 667 g/mol. The van der Waals surface area contributed by atoms with Gasteiger partial charge in [-0.2, -0.15) is 0 Å². The number of anilines is 1. The summed E-state index contributed by atoms with van der Waals surface area (Å²) in [6.45, 7) is 2.96. The Balaban J connectivity index is 1.86. The molecule has 0 saturated heterocycles. The van der Waals surface area contributed by atoms with E-state index >= 15 is 0 Å². The molecule has 0 fully saturated rings. The fourth-order valence-corrected chi connectivity index (χ4v) is 6.64. The molecule has 0 aliphatic carbocycles. The number of carbonyl (C=O) groups is 2. The molecular weight excluding hydrogens is 633 g/mol. The van der Waals surface area contributed by atoms with Crippen molar-refractivity contribution in [3.63, 3.8) is 0 Å². The summed E-state index contributed by atoms with van der Waals surface area (Å²) in [6, 6.07) is 27.4. The van der Waals surface area contributed by atoms with E-state index in [1.54, 1.807) is 48.5 Å². The largest absolute Gasteiger partial charge is 0.495 e. The van der Waals surface area contributed by atoms with Crippen molar-refractivity contribution in [3.8, 4) is 5.75 Å². The summed E-state index contributed by atoms with van der Waals surface area (Å²) in [7, 11) is -2.92. The van der Waals surface area contributed by atoms with Crippen LogP contribution in [0.15, 0.2) is 108 Å². The van der Waals surface area contributed by atoms with Gasteiger partial charge >= 0.3 is 0 Å². The lowest BCUT2D eigenvalue weighted by Crippen LogP contribution is -2.54. The summed E-state index contributed by atoms with van der Waals surface area (Å²) < 4.78 is 34.8. The maximum absolute atomic E-state index is 14.6. The van der Waals surface area contributed by atoms with Crippen LogP contribution in [0.1, 0.15) is 25.0 Å². The molecule has 236 valence electrons. The highest BCUT2D eigenvalue weighted by molar-refractivity contribution is 7.92. The molecule has 1 N–H and O–H groups in total. The van der Waals surface area contributed by atoms with Gasteiger partial charge in [-0.05, 0) is 61.4 Å². The molecule has 0 radical (unpaired) electrons. The van der Waals surface area contributed by atoms with Gasteiger partial charge in [-0.25, -0.2) is 8.42 Å². The second-order valence-electron chi connectivity index (χ2n) is 10.6. The number of rotatable bonds is 13. The maximum Gasteiger partial charge on any atom is 0.264 e. The summed E-state index contributed by atoms with van der Waals surface area (Å²) >= 11 is 12.9. The van der Waals surface area contributed by atoms with E-state index in [2.05, 4.69) is 5.32 Å². The number of methoxy groups -OCH3 is 1. The summed E-state index contributed by atoms with van der Waals surface area (Å²) in [5.41, 5.74) is 1.50. The second kappa shape index (κ2) is 15.3. The van der Waals surface area contributed by atoms with Crippen LogP contribution in [-0.4, -0.2) is 50.9 Å². The second-order valence-corrected chi connectivity index (χ2v) is 13.3. The minimum Gasteiger partial charge on any atom is -0.495 e. The van der Waals surface area contributed by atoms with Gasteiger partial charge < -0.3 is 15.0 Å². The van der Waals surface area contributed by atoms with Crippen molar-refractivity contribution in [2.24, 2.45) is 0 Å². The van der Waals surface area contributed by atoms with Crippen molar-refractivity contribution in [2.45, 2.75) is 43.8 Å². The molecule has 0 aliphatic rings. The maximum atomic E-state index is 14.6. The summed E-state index contributed by atoms with van der Waals surface area (Å²) in [6.07, 6.45) is 0.182. The number of nitrogens with one attached hydrogen (secondary N) is 1. The third-order valence-electron chi connectivity index (χ3n) is 7.02.